The molecule has 4 atom stereocenters. The molecule has 0 aromatic heterocycles. The van der Waals surface area contributed by atoms with Gasteiger partial charge in [-0.3, -0.25) is 0 Å². The summed E-state index contributed by atoms with van der Waals surface area (Å²) in [4.78, 5) is 28.8. The van der Waals surface area contributed by atoms with Gasteiger partial charge in [0.25, 0.3) is 0 Å². The van der Waals surface area contributed by atoms with Gasteiger partial charge in [0, 0.05) is 17.6 Å². The lowest BCUT2D eigenvalue weighted by Crippen LogP contribution is -2.62. The minimum Gasteiger partial charge on any atom is -0.459 e. The van der Waals surface area contributed by atoms with Gasteiger partial charge < -0.3 is 15.0 Å². The zero-order valence-electron chi connectivity index (χ0n) is 17.6. The Hall–Kier alpha value is -2.82. The Balaban J connectivity index is 1.45. The fourth-order valence-corrected chi connectivity index (χ4v) is 6.50. The first-order valence-corrected chi connectivity index (χ1v) is 10.8. The molecule has 2 aromatic carbocycles. The van der Waals surface area contributed by atoms with E-state index < -0.39 is 5.54 Å². The van der Waals surface area contributed by atoms with Gasteiger partial charge in [0.15, 0.2) is 0 Å². The van der Waals surface area contributed by atoms with Gasteiger partial charge in [-0.25, -0.2) is 9.59 Å². The highest BCUT2D eigenvalue weighted by Crippen LogP contribution is 2.76. The van der Waals surface area contributed by atoms with Crippen molar-refractivity contribution in [3.63, 3.8) is 0 Å². The maximum absolute atomic E-state index is 13.7. The maximum atomic E-state index is 13.7. The molecule has 4 unspecified atom stereocenters. The number of benzene rings is 2. The van der Waals surface area contributed by atoms with E-state index in [0.29, 0.717) is 18.9 Å². The molecular formula is C25H28N2O3. The van der Waals surface area contributed by atoms with E-state index in [1.165, 1.54) is 0 Å². The van der Waals surface area contributed by atoms with Gasteiger partial charge in [-0.05, 0) is 48.3 Å². The Morgan fingerprint density at radius 2 is 1.73 bits per heavy atom. The zero-order chi connectivity index (χ0) is 21.0. The molecule has 1 N–H and O–H groups in total. The fraction of sp³-hybridized carbons (Fsp3) is 0.440. The van der Waals surface area contributed by atoms with Gasteiger partial charge >= 0.3 is 12.0 Å². The second-order valence-corrected chi connectivity index (χ2v) is 9.49. The van der Waals surface area contributed by atoms with Crippen molar-refractivity contribution in [3.8, 4) is 0 Å². The number of hydrogen-bond acceptors (Lipinski definition) is 3. The largest absolute Gasteiger partial charge is 0.459 e. The Labute approximate surface area is 177 Å². The molecule has 5 heteroatoms. The average molecular weight is 405 g/mol. The molecule has 5 rings (SSSR count). The van der Waals surface area contributed by atoms with Gasteiger partial charge in [-0.15, -0.1) is 0 Å². The molecule has 4 bridgehead atoms. The molecular weight excluding hydrogens is 376 g/mol. The summed E-state index contributed by atoms with van der Waals surface area (Å²) in [5.74, 6) is 0.190. The second kappa shape index (κ2) is 6.59. The number of piperidine rings is 1. The van der Waals surface area contributed by atoms with Crippen LogP contribution in [0.25, 0.3) is 0 Å². The molecule has 2 aliphatic carbocycles. The number of nitrogens with one attached hydrogen (secondary N) is 1. The first kappa shape index (κ1) is 19.2. The van der Waals surface area contributed by atoms with Crippen molar-refractivity contribution in [2.24, 2.45) is 16.7 Å². The third-order valence-corrected chi connectivity index (χ3v) is 8.38. The Kier molecular flexibility index (Phi) is 4.21. The average Bonchev–Trinajstić information content (AvgIpc) is 3.22. The second-order valence-electron chi connectivity index (χ2n) is 9.49. The van der Waals surface area contributed by atoms with Crippen molar-refractivity contribution >= 4 is 17.7 Å². The highest BCUT2D eigenvalue weighted by atomic mass is 16.5. The van der Waals surface area contributed by atoms with E-state index in [9.17, 15) is 9.59 Å². The van der Waals surface area contributed by atoms with Crippen molar-refractivity contribution < 1.29 is 14.3 Å². The number of carbonyl (C=O) groups excluding carboxylic acids is 2. The van der Waals surface area contributed by atoms with Crippen molar-refractivity contribution in [1.29, 1.82) is 0 Å². The van der Waals surface area contributed by atoms with Crippen LogP contribution >= 0.6 is 0 Å². The number of hydrogen-bond donors (Lipinski definition) is 1. The number of rotatable bonds is 4. The third kappa shape index (κ3) is 2.41. The molecule has 30 heavy (non-hydrogen) atoms. The number of esters is 1. The summed E-state index contributed by atoms with van der Waals surface area (Å²) in [6.07, 6.45) is 2.76. The van der Waals surface area contributed by atoms with E-state index in [-0.39, 0.29) is 29.4 Å². The lowest BCUT2D eigenvalue weighted by atomic mass is 9.65. The number of anilines is 1. The summed E-state index contributed by atoms with van der Waals surface area (Å²) >= 11 is 0. The van der Waals surface area contributed by atoms with E-state index in [1.54, 1.807) is 4.90 Å². The van der Waals surface area contributed by atoms with Crippen molar-refractivity contribution in [2.75, 3.05) is 11.9 Å². The monoisotopic (exact) mass is 404 g/mol. The predicted molar refractivity (Wildman–Crippen MR) is 115 cm³/mol. The number of carbonyl (C=O) groups is 2. The molecule has 3 fully saturated rings. The molecule has 2 saturated carbocycles. The van der Waals surface area contributed by atoms with Crippen LogP contribution in [0.15, 0.2) is 60.7 Å². The minimum atomic E-state index is -0.904. The number of amides is 2. The van der Waals surface area contributed by atoms with Crippen LogP contribution in [0.4, 0.5) is 10.5 Å². The van der Waals surface area contributed by atoms with Gasteiger partial charge in [0.05, 0.1) is 0 Å². The van der Waals surface area contributed by atoms with Crippen LogP contribution in [0, 0.1) is 16.7 Å². The Morgan fingerprint density at radius 3 is 2.40 bits per heavy atom. The van der Waals surface area contributed by atoms with E-state index in [0.717, 1.165) is 24.1 Å². The number of urea groups is 1. The van der Waals surface area contributed by atoms with Gasteiger partial charge in [-0.2, -0.15) is 0 Å². The van der Waals surface area contributed by atoms with Crippen LogP contribution in [0.5, 0.6) is 0 Å². The molecule has 5 nitrogen and oxygen atoms in total. The molecule has 3 aliphatic rings. The topological polar surface area (TPSA) is 58.6 Å². The summed E-state index contributed by atoms with van der Waals surface area (Å²) in [5.41, 5.74) is 0.451. The Bertz CT molecular complexity index is 978. The van der Waals surface area contributed by atoms with Crippen molar-refractivity contribution in [3.05, 3.63) is 66.2 Å². The van der Waals surface area contributed by atoms with Crippen molar-refractivity contribution in [2.45, 2.75) is 45.3 Å². The number of ether oxygens (including phenoxy) is 1. The number of nitrogens with zero attached hydrogens (tertiary/aromatic N) is 1. The summed E-state index contributed by atoms with van der Waals surface area (Å²) in [6.45, 7) is 5.27. The third-order valence-electron chi connectivity index (χ3n) is 8.38. The smallest absolute Gasteiger partial charge is 0.333 e. The summed E-state index contributed by atoms with van der Waals surface area (Å²) in [7, 11) is 0. The van der Waals surface area contributed by atoms with Crippen LogP contribution in [-0.4, -0.2) is 29.0 Å². The SMILES string of the molecule is CC12CN(C(=O)Nc3ccccc3)C3(C(=O)OCc4ccccc4)CC1CCC23C. The summed E-state index contributed by atoms with van der Waals surface area (Å²) in [6, 6.07) is 18.9. The molecule has 2 aromatic rings. The highest BCUT2D eigenvalue weighted by molar-refractivity contribution is 5.96. The standard InChI is InChI=1S/C25H28N2O3/c1-23-17-27(22(29)26-20-11-7-4-8-12-20)25(15-19(23)13-14-24(23,25)2)21(28)30-16-18-9-5-3-6-10-18/h3-12,19H,13-17H2,1-2H3,(H,26,29). The molecule has 1 heterocycles. The van der Waals surface area contributed by atoms with Crippen LogP contribution < -0.4 is 5.32 Å². The van der Waals surface area contributed by atoms with Crippen LogP contribution in [0.2, 0.25) is 0 Å². The van der Waals surface area contributed by atoms with Crippen LogP contribution in [0.1, 0.15) is 38.7 Å². The van der Waals surface area contributed by atoms with Crippen LogP contribution in [-0.2, 0) is 16.1 Å². The lowest BCUT2D eigenvalue weighted by molar-refractivity contribution is -0.163. The predicted octanol–water partition coefficient (Wildman–Crippen LogP) is 4.84. The highest BCUT2D eigenvalue weighted by Gasteiger charge is 2.81. The van der Waals surface area contributed by atoms with Gasteiger partial charge in [0.1, 0.15) is 12.1 Å². The van der Waals surface area contributed by atoms with E-state index in [4.69, 9.17) is 4.74 Å². The van der Waals surface area contributed by atoms with Gasteiger partial charge in [0.2, 0.25) is 0 Å². The number of para-hydroxylation sites is 1. The zero-order valence-corrected chi connectivity index (χ0v) is 17.6. The van der Waals surface area contributed by atoms with Crippen LogP contribution in [0.3, 0.4) is 0 Å². The summed E-state index contributed by atoms with van der Waals surface area (Å²) in [5, 5.41) is 3.00. The van der Waals surface area contributed by atoms with Gasteiger partial charge in [-0.1, -0.05) is 62.4 Å². The first-order chi connectivity index (χ1) is 14.4. The normalized spacial score (nSPS) is 33.5. The molecule has 0 radical (unpaired) electrons. The van der Waals surface area contributed by atoms with Crippen molar-refractivity contribution in [1.82, 2.24) is 4.90 Å². The number of likely N-dealkylation sites (tertiary alicyclic amines) is 1. The maximum Gasteiger partial charge on any atom is 0.333 e. The van der Waals surface area contributed by atoms with E-state index >= 15 is 0 Å². The quantitative estimate of drug-likeness (QED) is 0.742. The Morgan fingerprint density at radius 1 is 1.07 bits per heavy atom. The summed E-state index contributed by atoms with van der Waals surface area (Å²) < 4.78 is 5.87. The molecule has 1 saturated heterocycles. The fourth-order valence-electron chi connectivity index (χ4n) is 6.50. The first-order valence-electron chi connectivity index (χ1n) is 10.8. The molecule has 1 aliphatic heterocycles. The molecule has 2 amide bonds. The van der Waals surface area contributed by atoms with E-state index in [2.05, 4.69) is 19.2 Å². The lowest BCUT2D eigenvalue weighted by Gasteiger charge is -2.45. The molecule has 156 valence electrons. The minimum absolute atomic E-state index is 0.0627. The molecule has 0 spiro atoms. The van der Waals surface area contributed by atoms with E-state index in [1.807, 2.05) is 60.7 Å².